The molecule has 0 saturated carbocycles. The fraction of sp³-hybridized carbons (Fsp3) is 0.588. The zero-order chi connectivity index (χ0) is 22.9. The van der Waals surface area contributed by atoms with Gasteiger partial charge in [0.05, 0.1) is 28.3 Å². The molecule has 1 aromatic heterocycles. The standard InChI is InChI=1S/C17H18BClF6N2O3/c1-13(2)14(3,4)30-18(29-13)10-5-6-11-9(12(10)19)7-27(26-11)8-15(28,16(20,21)22)17(23,24)25/h5-7,28H,8H2,1-4H3. The van der Waals surface area contributed by atoms with Gasteiger partial charge in [0.1, 0.15) is 0 Å². The number of hydrogen-bond donors (Lipinski definition) is 1. The molecule has 1 N–H and O–H groups in total. The number of fused-ring (bicyclic) bond motifs is 1. The Labute approximate surface area is 173 Å². The first-order valence-corrected chi connectivity index (χ1v) is 9.14. The molecule has 1 fully saturated rings. The highest BCUT2D eigenvalue weighted by atomic mass is 35.5. The van der Waals surface area contributed by atoms with Gasteiger partial charge < -0.3 is 14.4 Å². The first-order valence-electron chi connectivity index (χ1n) is 8.77. The van der Waals surface area contributed by atoms with Crippen LogP contribution in [0.25, 0.3) is 10.9 Å². The highest BCUT2D eigenvalue weighted by Gasteiger charge is 2.70. The Kier molecular flexibility index (Phi) is 5.21. The average molecular weight is 459 g/mol. The Morgan fingerprint density at radius 1 is 1.03 bits per heavy atom. The average Bonchev–Trinajstić information content (AvgIpc) is 3.03. The van der Waals surface area contributed by atoms with Crippen molar-refractivity contribution in [3.8, 4) is 0 Å². The van der Waals surface area contributed by atoms with Gasteiger partial charge in [-0.2, -0.15) is 31.4 Å². The Balaban J connectivity index is 2.00. The third kappa shape index (κ3) is 3.57. The van der Waals surface area contributed by atoms with E-state index in [4.69, 9.17) is 20.9 Å². The maximum atomic E-state index is 13.0. The van der Waals surface area contributed by atoms with Crippen molar-refractivity contribution in [3.63, 3.8) is 0 Å². The Hall–Kier alpha value is -1.50. The molecular formula is C17H18BClF6N2O3. The van der Waals surface area contributed by atoms with Crippen molar-refractivity contribution in [2.24, 2.45) is 0 Å². The smallest absolute Gasteiger partial charge is 0.399 e. The number of aliphatic hydroxyl groups is 1. The van der Waals surface area contributed by atoms with Crippen LogP contribution in [0.1, 0.15) is 27.7 Å². The molecule has 0 bridgehead atoms. The molecule has 166 valence electrons. The molecule has 0 unspecified atom stereocenters. The monoisotopic (exact) mass is 458 g/mol. The second-order valence-electron chi connectivity index (χ2n) is 8.17. The molecule has 2 heterocycles. The third-order valence-electron chi connectivity index (χ3n) is 5.54. The molecule has 3 rings (SSSR count). The summed E-state index contributed by atoms with van der Waals surface area (Å²) in [4.78, 5) is 0. The molecule has 2 aromatic rings. The predicted molar refractivity (Wildman–Crippen MR) is 97.5 cm³/mol. The maximum absolute atomic E-state index is 13.0. The van der Waals surface area contributed by atoms with E-state index in [2.05, 4.69) is 5.10 Å². The largest absolute Gasteiger partial charge is 0.496 e. The summed E-state index contributed by atoms with van der Waals surface area (Å²) in [5, 5.41) is 13.2. The van der Waals surface area contributed by atoms with Gasteiger partial charge in [-0.3, -0.25) is 4.68 Å². The topological polar surface area (TPSA) is 56.5 Å². The van der Waals surface area contributed by atoms with E-state index in [0.717, 1.165) is 6.20 Å². The van der Waals surface area contributed by atoms with Crippen molar-refractivity contribution in [2.45, 2.75) is 63.4 Å². The number of benzene rings is 1. The van der Waals surface area contributed by atoms with Crippen molar-refractivity contribution in [3.05, 3.63) is 23.4 Å². The Bertz CT molecular complexity index is 943. The minimum Gasteiger partial charge on any atom is -0.399 e. The number of aromatic nitrogens is 2. The lowest BCUT2D eigenvalue weighted by atomic mass is 9.78. The van der Waals surface area contributed by atoms with Crippen molar-refractivity contribution < 1.29 is 40.8 Å². The lowest BCUT2D eigenvalue weighted by Crippen LogP contribution is -2.59. The summed E-state index contributed by atoms with van der Waals surface area (Å²) in [6, 6.07) is 2.85. The van der Waals surface area contributed by atoms with E-state index in [0.29, 0.717) is 10.1 Å². The summed E-state index contributed by atoms with van der Waals surface area (Å²) >= 11 is 6.35. The van der Waals surface area contributed by atoms with Crippen LogP contribution in [0.2, 0.25) is 5.02 Å². The zero-order valence-electron chi connectivity index (χ0n) is 16.3. The summed E-state index contributed by atoms with van der Waals surface area (Å²) in [6.07, 6.45) is -11.0. The van der Waals surface area contributed by atoms with Crippen LogP contribution >= 0.6 is 11.6 Å². The molecule has 0 amide bonds. The van der Waals surface area contributed by atoms with Crippen LogP contribution in [0, 0.1) is 0 Å². The minimum absolute atomic E-state index is 0.0137. The summed E-state index contributed by atoms with van der Waals surface area (Å²) in [5.41, 5.74) is -5.94. The van der Waals surface area contributed by atoms with E-state index in [9.17, 15) is 31.4 Å². The lowest BCUT2D eigenvalue weighted by Gasteiger charge is -2.32. The maximum Gasteiger partial charge on any atom is 0.496 e. The quantitative estimate of drug-likeness (QED) is 0.561. The van der Waals surface area contributed by atoms with Gasteiger partial charge in [-0.25, -0.2) is 0 Å². The molecule has 0 aliphatic carbocycles. The molecule has 0 spiro atoms. The van der Waals surface area contributed by atoms with Gasteiger partial charge in [0.25, 0.3) is 5.60 Å². The Morgan fingerprint density at radius 2 is 1.53 bits per heavy atom. The SMILES string of the molecule is CC1(C)OB(c2ccc3nn(CC(O)(C(F)(F)F)C(F)(F)F)cc3c2Cl)OC1(C)C. The van der Waals surface area contributed by atoms with Crippen molar-refractivity contribution in [2.75, 3.05) is 0 Å². The van der Waals surface area contributed by atoms with Crippen LogP contribution in [0.15, 0.2) is 18.3 Å². The molecule has 1 aromatic carbocycles. The van der Waals surface area contributed by atoms with E-state index >= 15 is 0 Å². The van der Waals surface area contributed by atoms with Crippen molar-refractivity contribution in [1.82, 2.24) is 9.78 Å². The van der Waals surface area contributed by atoms with E-state index in [-0.39, 0.29) is 15.9 Å². The number of rotatable bonds is 3. The van der Waals surface area contributed by atoms with E-state index < -0.39 is 42.8 Å². The molecule has 30 heavy (non-hydrogen) atoms. The molecule has 0 atom stereocenters. The van der Waals surface area contributed by atoms with Crippen LogP contribution in [0.5, 0.6) is 0 Å². The van der Waals surface area contributed by atoms with Crippen LogP contribution in [-0.4, -0.2) is 51.2 Å². The van der Waals surface area contributed by atoms with Gasteiger partial charge in [-0.05, 0) is 33.8 Å². The molecule has 1 aliphatic rings. The minimum atomic E-state index is -5.96. The summed E-state index contributed by atoms with van der Waals surface area (Å²) < 4.78 is 89.9. The second-order valence-corrected chi connectivity index (χ2v) is 8.55. The van der Waals surface area contributed by atoms with Gasteiger partial charge in [-0.15, -0.1) is 0 Å². The summed E-state index contributed by atoms with van der Waals surface area (Å²) in [6.45, 7) is 5.37. The van der Waals surface area contributed by atoms with Gasteiger partial charge >= 0.3 is 19.5 Å². The van der Waals surface area contributed by atoms with Gasteiger partial charge in [0.2, 0.25) is 0 Å². The van der Waals surface area contributed by atoms with Crippen LogP contribution in [0.3, 0.4) is 0 Å². The zero-order valence-corrected chi connectivity index (χ0v) is 17.1. The normalized spacial score (nSPS) is 19.7. The van der Waals surface area contributed by atoms with Gasteiger partial charge in [-0.1, -0.05) is 17.7 Å². The first kappa shape index (κ1) is 23.2. The number of hydrogen-bond acceptors (Lipinski definition) is 4. The molecule has 1 aliphatic heterocycles. The lowest BCUT2D eigenvalue weighted by molar-refractivity contribution is -0.372. The summed E-state index contributed by atoms with van der Waals surface area (Å²) in [5.74, 6) is 0. The van der Waals surface area contributed by atoms with E-state index in [1.54, 1.807) is 0 Å². The van der Waals surface area contributed by atoms with Gasteiger partial charge in [0.15, 0.2) is 0 Å². The Morgan fingerprint density at radius 3 is 2.00 bits per heavy atom. The van der Waals surface area contributed by atoms with E-state index in [1.165, 1.54) is 12.1 Å². The number of nitrogens with zero attached hydrogens (tertiary/aromatic N) is 2. The highest BCUT2D eigenvalue weighted by Crippen LogP contribution is 2.44. The van der Waals surface area contributed by atoms with Crippen LogP contribution < -0.4 is 5.46 Å². The number of alkyl halides is 6. The van der Waals surface area contributed by atoms with Crippen molar-refractivity contribution in [1.29, 1.82) is 0 Å². The second kappa shape index (κ2) is 6.75. The van der Waals surface area contributed by atoms with Gasteiger partial charge in [0, 0.05) is 17.0 Å². The predicted octanol–water partition coefficient (Wildman–Crippen LogP) is 3.84. The molecule has 13 heteroatoms. The summed E-state index contributed by atoms with van der Waals surface area (Å²) in [7, 11) is -0.891. The third-order valence-corrected chi connectivity index (χ3v) is 5.96. The fourth-order valence-corrected chi connectivity index (χ4v) is 3.23. The molecule has 0 radical (unpaired) electrons. The first-order chi connectivity index (χ1) is 13.4. The number of halogens is 7. The highest BCUT2D eigenvalue weighted by molar-refractivity contribution is 6.66. The van der Waals surface area contributed by atoms with E-state index in [1.807, 2.05) is 27.7 Å². The fourth-order valence-electron chi connectivity index (χ4n) is 2.93. The van der Waals surface area contributed by atoms with Crippen molar-refractivity contribution >= 4 is 35.1 Å². The molecule has 1 saturated heterocycles. The van der Waals surface area contributed by atoms with Crippen LogP contribution in [0.4, 0.5) is 26.3 Å². The molecular weight excluding hydrogens is 440 g/mol. The van der Waals surface area contributed by atoms with Crippen LogP contribution in [-0.2, 0) is 15.9 Å². The molecule has 5 nitrogen and oxygen atoms in total.